The Balaban J connectivity index is 1.92. The Bertz CT molecular complexity index is 1460. The quantitative estimate of drug-likeness (QED) is 0.162. The number of rotatable bonds is 10. The molecule has 2 heteroatoms. The van der Waals surface area contributed by atoms with Gasteiger partial charge in [-0.2, -0.15) is 0 Å². The number of ether oxygens (including phenoxy) is 2. The zero-order chi connectivity index (χ0) is 29.3. The maximum Gasteiger partial charge on any atom is 0.119 e. The fourth-order valence-electron chi connectivity index (χ4n) is 6.54. The van der Waals surface area contributed by atoms with Crippen molar-refractivity contribution < 1.29 is 9.47 Å². The third-order valence-electron chi connectivity index (χ3n) is 9.07. The molecule has 2 nitrogen and oxygen atoms in total. The van der Waals surface area contributed by atoms with Crippen molar-refractivity contribution >= 4 is 0 Å². The number of aryl methyl sites for hydroxylation is 4. The van der Waals surface area contributed by atoms with Crippen LogP contribution in [0, 0.1) is 41.5 Å². The van der Waals surface area contributed by atoms with Crippen LogP contribution in [0.1, 0.15) is 95.2 Å². The lowest BCUT2D eigenvalue weighted by molar-refractivity contribution is 0.308. The Hall–Kier alpha value is -3.52. The molecule has 0 unspecified atom stereocenters. The van der Waals surface area contributed by atoms with Crippen LogP contribution in [0.3, 0.4) is 0 Å². The molecule has 214 valence electrons. The van der Waals surface area contributed by atoms with Gasteiger partial charge in [-0.05, 0) is 134 Å². The van der Waals surface area contributed by atoms with E-state index in [4.69, 9.17) is 9.47 Å². The number of hydrogen-bond acceptors (Lipinski definition) is 2. The van der Waals surface area contributed by atoms with Crippen molar-refractivity contribution in [3.8, 4) is 22.6 Å². The van der Waals surface area contributed by atoms with Gasteiger partial charge in [-0.25, -0.2) is 0 Å². The van der Waals surface area contributed by atoms with E-state index in [0.717, 1.165) is 50.4 Å². The molecule has 1 aliphatic carbocycles. The molecule has 0 heterocycles. The van der Waals surface area contributed by atoms with E-state index in [0.29, 0.717) is 0 Å². The highest BCUT2D eigenvalue weighted by atomic mass is 16.5. The van der Waals surface area contributed by atoms with Crippen LogP contribution in [0.25, 0.3) is 11.1 Å². The molecule has 0 fully saturated rings. The van der Waals surface area contributed by atoms with Gasteiger partial charge in [0.2, 0.25) is 0 Å². The number of unbranched alkanes of at least 4 members (excludes halogenated alkanes) is 2. The van der Waals surface area contributed by atoms with Crippen molar-refractivity contribution in [3.05, 3.63) is 116 Å². The van der Waals surface area contributed by atoms with Crippen LogP contribution in [0.5, 0.6) is 11.5 Å². The standard InChI is InChI=1S/C39H46O2/c1-9-11-17-40-31-21-27(5)29(7)35(23-31)39(36-24-32(41-18-12-10-2)22-28(6)30(36)8)37-19-25(3)13-15-33(37)34-16-14-26(4)20-38(34)39/h13-16,19-24H,9-12,17-18H2,1-8H3. The lowest BCUT2D eigenvalue weighted by Crippen LogP contribution is -2.31. The summed E-state index contributed by atoms with van der Waals surface area (Å²) in [7, 11) is 0. The molecule has 0 bridgehead atoms. The average molecular weight is 547 g/mol. The minimum atomic E-state index is -0.499. The van der Waals surface area contributed by atoms with Crippen LogP contribution < -0.4 is 9.47 Å². The zero-order valence-electron chi connectivity index (χ0n) is 26.3. The summed E-state index contributed by atoms with van der Waals surface area (Å²) >= 11 is 0. The Kier molecular flexibility index (Phi) is 8.32. The van der Waals surface area contributed by atoms with Gasteiger partial charge in [-0.15, -0.1) is 0 Å². The first-order valence-electron chi connectivity index (χ1n) is 15.4. The van der Waals surface area contributed by atoms with Gasteiger partial charge in [-0.1, -0.05) is 74.2 Å². The minimum absolute atomic E-state index is 0.499. The van der Waals surface area contributed by atoms with Gasteiger partial charge in [0.25, 0.3) is 0 Å². The average Bonchev–Trinajstić information content (AvgIpc) is 3.21. The SMILES string of the molecule is CCCCOc1cc(C)c(C)c(C2(c3cc(OCCCC)cc(C)c3C)c3cc(C)ccc3-c3ccc(C)cc32)c1. The number of benzene rings is 4. The molecule has 0 aromatic heterocycles. The summed E-state index contributed by atoms with van der Waals surface area (Å²) in [5.41, 5.74) is 15.1. The first kappa shape index (κ1) is 29.0. The van der Waals surface area contributed by atoms with E-state index in [1.807, 2.05) is 0 Å². The van der Waals surface area contributed by atoms with Gasteiger partial charge in [0, 0.05) is 0 Å². The van der Waals surface area contributed by atoms with Crippen molar-refractivity contribution in [2.45, 2.75) is 86.5 Å². The highest BCUT2D eigenvalue weighted by Crippen LogP contribution is 2.59. The van der Waals surface area contributed by atoms with Gasteiger partial charge >= 0.3 is 0 Å². The molecular weight excluding hydrogens is 500 g/mol. The summed E-state index contributed by atoms with van der Waals surface area (Å²) in [6, 6.07) is 23.1. The highest BCUT2D eigenvalue weighted by molar-refractivity contribution is 5.88. The van der Waals surface area contributed by atoms with E-state index >= 15 is 0 Å². The Morgan fingerprint density at radius 1 is 0.512 bits per heavy atom. The highest BCUT2D eigenvalue weighted by Gasteiger charge is 2.48. The maximum atomic E-state index is 6.41. The first-order chi connectivity index (χ1) is 19.7. The summed E-state index contributed by atoms with van der Waals surface area (Å²) in [4.78, 5) is 0. The third kappa shape index (κ3) is 5.07. The predicted molar refractivity (Wildman–Crippen MR) is 173 cm³/mol. The molecule has 41 heavy (non-hydrogen) atoms. The molecular formula is C39H46O2. The summed E-state index contributed by atoms with van der Waals surface area (Å²) in [6.07, 6.45) is 4.33. The molecule has 0 aliphatic heterocycles. The summed E-state index contributed by atoms with van der Waals surface area (Å²) in [6.45, 7) is 19.3. The van der Waals surface area contributed by atoms with Crippen molar-refractivity contribution in [3.63, 3.8) is 0 Å². The summed E-state index contributed by atoms with van der Waals surface area (Å²) in [5.74, 6) is 1.91. The lowest BCUT2D eigenvalue weighted by Gasteiger charge is -2.38. The minimum Gasteiger partial charge on any atom is -0.494 e. The van der Waals surface area contributed by atoms with E-state index in [2.05, 4.69) is 116 Å². The third-order valence-corrected chi connectivity index (χ3v) is 9.07. The molecule has 0 saturated heterocycles. The molecule has 0 radical (unpaired) electrons. The van der Waals surface area contributed by atoms with Crippen LogP contribution >= 0.6 is 0 Å². The van der Waals surface area contributed by atoms with E-state index in [1.54, 1.807) is 0 Å². The number of hydrogen-bond donors (Lipinski definition) is 0. The van der Waals surface area contributed by atoms with E-state index < -0.39 is 5.41 Å². The fraction of sp³-hybridized carbons (Fsp3) is 0.385. The van der Waals surface area contributed by atoms with Crippen molar-refractivity contribution in [2.24, 2.45) is 0 Å². The van der Waals surface area contributed by atoms with Gasteiger partial charge < -0.3 is 9.47 Å². The van der Waals surface area contributed by atoms with Crippen LogP contribution in [0.2, 0.25) is 0 Å². The van der Waals surface area contributed by atoms with Gasteiger partial charge in [0.1, 0.15) is 11.5 Å². The molecule has 4 aromatic carbocycles. The van der Waals surface area contributed by atoms with E-state index in [9.17, 15) is 0 Å². The molecule has 5 rings (SSSR count). The Morgan fingerprint density at radius 3 is 1.32 bits per heavy atom. The molecule has 0 atom stereocenters. The van der Waals surface area contributed by atoms with Gasteiger partial charge in [0.05, 0.1) is 18.6 Å². The van der Waals surface area contributed by atoms with Crippen molar-refractivity contribution in [1.82, 2.24) is 0 Å². The van der Waals surface area contributed by atoms with Crippen LogP contribution in [0.4, 0.5) is 0 Å². The largest absolute Gasteiger partial charge is 0.494 e. The summed E-state index contributed by atoms with van der Waals surface area (Å²) in [5, 5.41) is 0. The smallest absolute Gasteiger partial charge is 0.119 e. The molecule has 1 aliphatic rings. The zero-order valence-corrected chi connectivity index (χ0v) is 26.3. The maximum absolute atomic E-state index is 6.41. The monoisotopic (exact) mass is 546 g/mol. The van der Waals surface area contributed by atoms with Gasteiger partial charge in [-0.3, -0.25) is 0 Å². The normalized spacial score (nSPS) is 13.2. The van der Waals surface area contributed by atoms with Crippen LogP contribution in [-0.4, -0.2) is 13.2 Å². The molecule has 0 N–H and O–H groups in total. The molecule has 0 saturated carbocycles. The van der Waals surface area contributed by atoms with E-state index in [-0.39, 0.29) is 0 Å². The topological polar surface area (TPSA) is 18.5 Å². The molecule has 0 spiro atoms. The second-order valence-electron chi connectivity index (χ2n) is 12.1. The van der Waals surface area contributed by atoms with Crippen molar-refractivity contribution in [1.29, 1.82) is 0 Å². The fourth-order valence-corrected chi connectivity index (χ4v) is 6.54. The lowest BCUT2D eigenvalue weighted by atomic mass is 9.64. The van der Waals surface area contributed by atoms with Gasteiger partial charge in [0.15, 0.2) is 0 Å². The first-order valence-corrected chi connectivity index (χ1v) is 15.4. The van der Waals surface area contributed by atoms with Crippen LogP contribution in [0.15, 0.2) is 60.7 Å². The Labute approximate surface area is 247 Å². The predicted octanol–water partition coefficient (Wildman–Crippen LogP) is 10.3. The second kappa shape index (κ2) is 11.8. The number of fused-ring (bicyclic) bond motifs is 3. The Morgan fingerprint density at radius 2 is 0.927 bits per heavy atom. The van der Waals surface area contributed by atoms with E-state index in [1.165, 1.54) is 66.8 Å². The summed E-state index contributed by atoms with van der Waals surface area (Å²) < 4.78 is 12.8. The molecule has 4 aromatic rings. The van der Waals surface area contributed by atoms with Crippen molar-refractivity contribution in [2.75, 3.05) is 13.2 Å². The molecule has 0 amide bonds. The second-order valence-corrected chi connectivity index (χ2v) is 12.1. The van der Waals surface area contributed by atoms with Crippen LogP contribution in [-0.2, 0) is 5.41 Å².